The largest absolute Gasteiger partial charge is 0.423 e. The number of oxazole rings is 1. The van der Waals surface area contributed by atoms with Gasteiger partial charge in [0.1, 0.15) is 5.82 Å². The Morgan fingerprint density at radius 3 is 2.64 bits per heavy atom. The zero-order valence-corrected chi connectivity index (χ0v) is 13.6. The van der Waals surface area contributed by atoms with Gasteiger partial charge in [-0.15, -0.1) is 0 Å². The molecule has 25 heavy (non-hydrogen) atoms. The molecule has 2 aromatic carbocycles. The van der Waals surface area contributed by atoms with Crippen LogP contribution in [0.3, 0.4) is 0 Å². The van der Waals surface area contributed by atoms with E-state index in [4.69, 9.17) is 9.15 Å². The third-order valence-corrected chi connectivity index (χ3v) is 4.07. The van der Waals surface area contributed by atoms with Crippen molar-refractivity contribution in [2.75, 3.05) is 36.5 Å². The third-order valence-electron chi connectivity index (χ3n) is 4.07. The number of anilines is 3. The highest BCUT2D eigenvalue weighted by molar-refractivity contribution is 5.63. The molecule has 1 fully saturated rings. The summed E-state index contributed by atoms with van der Waals surface area (Å²) < 4.78 is 25.1. The molecule has 0 aliphatic carbocycles. The number of ether oxygens (including phenoxy) is 1. The standard InChI is InChI=1S/C19H18FN3O2/c20-15-10-16(12-17(11-15)23-6-8-24-9-7-23)22-19-21-13-18(25-19)14-4-2-1-3-5-14/h1-5,10-13H,6-9H2,(H,21,22). The van der Waals surface area contributed by atoms with Crippen LogP contribution in [0, 0.1) is 5.82 Å². The summed E-state index contributed by atoms with van der Waals surface area (Å²) in [4.78, 5) is 6.33. The molecule has 1 aromatic heterocycles. The zero-order chi connectivity index (χ0) is 17.1. The maximum atomic E-state index is 14.0. The van der Waals surface area contributed by atoms with Crippen LogP contribution in [0.15, 0.2) is 59.1 Å². The highest BCUT2D eigenvalue weighted by Crippen LogP contribution is 2.27. The van der Waals surface area contributed by atoms with Crippen molar-refractivity contribution >= 4 is 17.4 Å². The number of hydrogen-bond acceptors (Lipinski definition) is 5. The van der Waals surface area contributed by atoms with Crippen LogP contribution in [0.4, 0.5) is 21.8 Å². The average molecular weight is 339 g/mol. The van der Waals surface area contributed by atoms with Gasteiger partial charge in [0.05, 0.1) is 19.4 Å². The molecular weight excluding hydrogens is 321 g/mol. The third kappa shape index (κ3) is 3.64. The van der Waals surface area contributed by atoms with E-state index in [2.05, 4.69) is 15.2 Å². The predicted octanol–water partition coefficient (Wildman–Crippen LogP) is 4.06. The van der Waals surface area contributed by atoms with Gasteiger partial charge in [0.25, 0.3) is 6.01 Å². The molecule has 1 aliphatic heterocycles. The maximum Gasteiger partial charge on any atom is 0.299 e. The van der Waals surface area contributed by atoms with E-state index < -0.39 is 0 Å². The van der Waals surface area contributed by atoms with Crippen molar-refractivity contribution in [3.8, 4) is 11.3 Å². The Balaban J connectivity index is 1.54. The van der Waals surface area contributed by atoms with Gasteiger partial charge in [-0.3, -0.25) is 0 Å². The van der Waals surface area contributed by atoms with Crippen LogP contribution >= 0.6 is 0 Å². The van der Waals surface area contributed by atoms with Crippen LogP contribution < -0.4 is 10.2 Å². The monoisotopic (exact) mass is 339 g/mol. The van der Waals surface area contributed by atoms with E-state index in [1.54, 1.807) is 6.20 Å². The number of rotatable bonds is 4. The van der Waals surface area contributed by atoms with E-state index in [1.165, 1.54) is 12.1 Å². The number of nitrogens with zero attached hydrogens (tertiary/aromatic N) is 2. The predicted molar refractivity (Wildman–Crippen MR) is 94.7 cm³/mol. The molecule has 128 valence electrons. The van der Waals surface area contributed by atoms with Crippen LogP contribution in [0.2, 0.25) is 0 Å². The van der Waals surface area contributed by atoms with Crippen LogP contribution in [0.1, 0.15) is 0 Å². The molecule has 1 N–H and O–H groups in total. The first-order valence-corrected chi connectivity index (χ1v) is 8.19. The van der Waals surface area contributed by atoms with Crippen LogP contribution in [-0.2, 0) is 4.74 Å². The highest BCUT2D eigenvalue weighted by atomic mass is 19.1. The lowest BCUT2D eigenvalue weighted by molar-refractivity contribution is 0.122. The van der Waals surface area contributed by atoms with E-state index >= 15 is 0 Å². The van der Waals surface area contributed by atoms with Gasteiger partial charge in [-0.2, -0.15) is 0 Å². The number of halogens is 1. The first-order valence-electron chi connectivity index (χ1n) is 8.19. The first-order chi connectivity index (χ1) is 12.3. The average Bonchev–Trinajstić information content (AvgIpc) is 3.11. The van der Waals surface area contributed by atoms with Gasteiger partial charge >= 0.3 is 0 Å². The van der Waals surface area contributed by atoms with Crippen LogP contribution in [0.5, 0.6) is 0 Å². The fraction of sp³-hybridized carbons (Fsp3) is 0.211. The van der Waals surface area contributed by atoms with Crippen molar-refractivity contribution in [1.29, 1.82) is 0 Å². The van der Waals surface area contributed by atoms with Crippen LogP contribution in [0.25, 0.3) is 11.3 Å². The van der Waals surface area contributed by atoms with E-state index in [1.807, 2.05) is 36.4 Å². The summed E-state index contributed by atoms with van der Waals surface area (Å²) in [7, 11) is 0. The van der Waals surface area contributed by atoms with Gasteiger partial charge in [0.15, 0.2) is 5.76 Å². The summed E-state index contributed by atoms with van der Waals surface area (Å²) >= 11 is 0. The molecule has 0 unspecified atom stereocenters. The molecule has 6 heteroatoms. The Morgan fingerprint density at radius 1 is 1.04 bits per heavy atom. The smallest absolute Gasteiger partial charge is 0.299 e. The molecule has 0 bridgehead atoms. The van der Waals surface area contributed by atoms with Gasteiger partial charge in [0, 0.05) is 30.0 Å². The highest BCUT2D eigenvalue weighted by Gasteiger charge is 2.14. The molecule has 0 amide bonds. The summed E-state index contributed by atoms with van der Waals surface area (Å²) in [5.74, 6) is 0.356. The Morgan fingerprint density at radius 2 is 1.84 bits per heavy atom. The number of nitrogens with one attached hydrogen (secondary N) is 1. The second-order valence-corrected chi connectivity index (χ2v) is 5.82. The second kappa shape index (κ2) is 6.94. The number of hydrogen-bond donors (Lipinski definition) is 1. The van der Waals surface area contributed by atoms with Gasteiger partial charge < -0.3 is 19.4 Å². The normalized spacial score (nSPS) is 14.5. The molecule has 1 saturated heterocycles. The van der Waals surface area contributed by atoms with Crippen molar-refractivity contribution in [3.05, 3.63) is 60.5 Å². The SMILES string of the molecule is Fc1cc(Nc2ncc(-c3ccccc3)o2)cc(N2CCOCC2)c1. The molecular formula is C19H18FN3O2. The molecule has 0 radical (unpaired) electrons. The minimum Gasteiger partial charge on any atom is -0.423 e. The fourth-order valence-corrected chi connectivity index (χ4v) is 2.84. The lowest BCUT2D eigenvalue weighted by Gasteiger charge is -2.29. The zero-order valence-electron chi connectivity index (χ0n) is 13.6. The maximum absolute atomic E-state index is 14.0. The van der Waals surface area contributed by atoms with E-state index in [9.17, 15) is 4.39 Å². The number of morpholine rings is 1. The molecule has 0 saturated carbocycles. The van der Waals surface area contributed by atoms with Crippen molar-refractivity contribution in [3.63, 3.8) is 0 Å². The van der Waals surface area contributed by atoms with Crippen molar-refractivity contribution in [2.24, 2.45) is 0 Å². The Kier molecular flexibility index (Phi) is 4.35. The van der Waals surface area contributed by atoms with Crippen molar-refractivity contribution in [2.45, 2.75) is 0 Å². The quantitative estimate of drug-likeness (QED) is 0.777. The van der Waals surface area contributed by atoms with Crippen molar-refractivity contribution in [1.82, 2.24) is 4.98 Å². The molecule has 0 atom stereocenters. The summed E-state index contributed by atoms with van der Waals surface area (Å²) in [6, 6.07) is 14.9. The molecule has 1 aliphatic rings. The topological polar surface area (TPSA) is 50.5 Å². The second-order valence-electron chi connectivity index (χ2n) is 5.82. The molecule has 5 nitrogen and oxygen atoms in total. The van der Waals surface area contributed by atoms with Gasteiger partial charge in [0.2, 0.25) is 0 Å². The number of aromatic nitrogens is 1. The van der Waals surface area contributed by atoms with Crippen LogP contribution in [-0.4, -0.2) is 31.3 Å². The van der Waals surface area contributed by atoms with E-state index in [-0.39, 0.29) is 5.82 Å². The van der Waals surface area contributed by atoms with Gasteiger partial charge in [-0.1, -0.05) is 30.3 Å². The van der Waals surface area contributed by atoms with E-state index in [0.717, 1.165) is 24.3 Å². The first kappa shape index (κ1) is 15.7. The lowest BCUT2D eigenvalue weighted by Crippen LogP contribution is -2.36. The summed E-state index contributed by atoms with van der Waals surface area (Å²) in [6.07, 6.45) is 1.65. The lowest BCUT2D eigenvalue weighted by atomic mass is 10.2. The number of benzene rings is 2. The van der Waals surface area contributed by atoms with Gasteiger partial charge in [-0.05, 0) is 18.2 Å². The molecule has 3 aromatic rings. The fourth-order valence-electron chi connectivity index (χ4n) is 2.84. The minimum absolute atomic E-state index is 0.304. The Bertz CT molecular complexity index is 845. The van der Waals surface area contributed by atoms with Crippen molar-refractivity contribution < 1.29 is 13.5 Å². The summed E-state index contributed by atoms with van der Waals surface area (Å²) in [6.45, 7) is 2.80. The Hall–Kier alpha value is -2.86. The summed E-state index contributed by atoms with van der Waals surface area (Å²) in [5, 5.41) is 3.04. The summed E-state index contributed by atoms with van der Waals surface area (Å²) in [5.41, 5.74) is 2.36. The van der Waals surface area contributed by atoms with Gasteiger partial charge in [-0.25, -0.2) is 9.37 Å². The minimum atomic E-state index is -0.304. The molecule has 2 heterocycles. The molecule has 0 spiro atoms. The van der Waals surface area contributed by atoms with E-state index in [0.29, 0.717) is 30.7 Å². The Labute approximate surface area is 145 Å². The molecule has 4 rings (SSSR count).